The van der Waals surface area contributed by atoms with Crippen molar-refractivity contribution in [2.45, 2.75) is 24.5 Å². The van der Waals surface area contributed by atoms with Crippen molar-refractivity contribution in [3.63, 3.8) is 0 Å². The summed E-state index contributed by atoms with van der Waals surface area (Å²) in [7, 11) is 0. The molecular formula is C10H14ClNOS. The maximum absolute atomic E-state index is 11.2. The zero-order valence-electron chi connectivity index (χ0n) is 8.18. The van der Waals surface area contributed by atoms with Crippen LogP contribution in [0.3, 0.4) is 0 Å². The molecule has 1 heterocycles. The maximum atomic E-state index is 11.2. The highest BCUT2D eigenvalue weighted by atomic mass is 35.5. The number of carbonyl (C=O) groups excluding carboxylic acids is 1. The van der Waals surface area contributed by atoms with E-state index in [1.165, 1.54) is 11.8 Å². The van der Waals surface area contributed by atoms with Gasteiger partial charge in [0.05, 0.1) is 0 Å². The molecule has 1 fully saturated rings. The molecule has 0 bridgehead atoms. The third-order valence-electron chi connectivity index (χ3n) is 1.88. The van der Waals surface area contributed by atoms with E-state index < -0.39 is 4.71 Å². The van der Waals surface area contributed by atoms with Gasteiger partial charge >= 0.3 is 0 Å². The molecule has 1 rings (SSSR count). The molecule has 2 nitrogen and oxygen atoms in total. The molecule has 0 aliphatic carbocycles. The molecule has 1 atom stereocenters. The summed E-state index contributed by atoms with van der Waals surface area (Å²) in [6.45, 7) is 6.53. The summed E-state index contributed by atoms with van der Waals surface area (Å²) in [4.78, 5) is 12.3. The fourth-order valence-electron chi connectivity index (χ4n) is 1.08. The molecule has 14 heavy (non-hydrogen) atoms. The molecule has 78 valence electrons. The first-order chi connectivity index (χ1) is 6.65. The number of alkyl halides is 1. The van der Waals surface area contributed by atoms with Gasteiger partial charge in [0.15, 0.2) is 4.71 Å². The first-order valence-electron chi connectivity index (χ1n) is 4.62. The molecule has 1 N–H and O–H groups in total. The average molecular weight is 232 g/mol. The van der Waals surface area contributed by atoms with E-state index in [-0.39, 0.29) is 5.91 Å². The quantitative estimate of drug-likeness (QED) is 0.741. The van der Waals surface area contributed by atoms with Crippen LogP contribution in [-0.2, 0) is 4.79 Å². The number of nitrogens with one attached hydrogen (secondary N) is 1. The lowest BCUT2D eigenvalue weighted by Gasteiger charge is -2.05. The van der Waals surface area contributed by atoms with E-state index in [0.29, 0.717) is 6.54 Å². The van der Waals surface area contributed by atoms with Crippen molar-refractivity contribution in [2.24, 2.45) is 0 Å². The van der Waals surface area contributed by atoms with Crippen molar-refractivity contribution in [3.8, 4) is 0 Å². The van der Waals surface area contributed by atoms with E-state index >= 15 is 0 Å². The fraction of sp³-hybridized carbons (Fsp3) is 0.500. The summed E-state index contributed by atoms with van der Waals surface area (Å²) >= 11 is 7.26. The van der Waals surface area contributed by atoms with Crippen LogP contribution >= 0.6 is 23.4 Å². The Bertz CT molecular complexity index is 275. The molecule has 1 aliphatic heterocycles. The molecular weight excluding hydrogens is 218 g/mol. The topological polar surface area (TPSA) is 29.1 Å². The Morgan fingerprint density at radius 3 is 3.14 bits per heavy atom. The van der Waals surface area contributed by atoms with Crippen LogP contribution in [0.2, 0.25) is 0 Å². The van der Waals surface area contributed by atoms with Crippen molar-refractivity contribution in [1.82, 2.24) is 5.32 Å². The summed E-state index contributed by atoms with van der Waals surface area (Å²) < 4.78 is -0.530. The molecule has 0 saturated carbocycles. The van der Waals surface area contributed by atoms with Crippen LogP contribution in [0.5, 0.6) is 0 Å². The number of unbranched alkanes of at least 4 members (excludes halogenated alkanes) is 1. The predicted octanol–water partition coefficient (Wildman–Crippen LogP) is 2.65. The van der Waals surface area contributed by atoms with Gasteiger partial charge in [0.1, 0.15) is 0 Å². The van der Waals surface area contributed by atoms with Crippen molar-refractivity contribution in [2.75, 3.05) is 6.54 Å². The molecule has 0 aromatic carbocycles. The van der Waals surface area contributed by atoms with Gasteiger partial charge in [-0.15, -0.1) is 0 Å². The van der Waals surface area contributed by atoms with Crippen molar-refractivity contribution in [3.05, 3.63) is 23.1 Å². The van der Waals surface area contributed by atoms with E-state index in [0.717, 1.165) is 23.3 Å². The number of allylic oxidation sites excluding steroid dienone is 1. The number of amides is 1. The first kappa shape index (κ1) is 11.7. The molecule has 1 aliphatic rings. The number of hydrogen-bond donors (Lipinski definition) is 1. The van der Waals surface area contributed by atoms with Gasteiger partial charge < -0.3 is 5.32 Å². The summed E-state index contributed by atoms with van der Waals surface area (Å²) in [6.07, 6.45) is 4.19. The Labute approximate surface area is 93.8 Å². The minimum atomic E-state index is -0.530. The van der Waals surface area contributed by atoms with Crippen molar-refractivity contribution in [1.29, 1.82) is 0 Å². The van der Waals surface area contributed by atoms with E-state index in [2.05, 4.69) is 24.9 Å². The SMILES string of the molecule is C=C1CNC(=O)C(Cl)S/C1=C/CCC. The standard InChI is InChI=1S/C10H14ClNOS/c1-3-4-5-8-7(2)6-12-10(13)9(11)14-8/h5,9H,2-4,6H2,1H3,(H,12,13)/b8-5+. The second-order valence-corrected chi connectivity index (χ2v) is 4.95. The summed E-state index contributed by atoms with van der Waals surface area (Å²) in [5.41, 5.74) is 0.944. The Morgan fingerprint density at radius 2 is 2.50 bits per heavy atom. The highest BCUT2D eigenvalue weighted by Gasteiger charge is 2.22. The van der Waals surface area contributed by atoms with Crippen LogP contribution in [0.1, 0.15) is 19.8 Å². The van der Waals surface area contributed by atoms with Crippen LogP contribution < -0.4 is 5.32 Å². The van der Waals surface area contributed by atoms with Crippen LogP contribution in [0, 0.1) is 0 Å². The fourth-order valence-corrected chi connectivity index (χ4v) is 2.31. The zero-order valence-corrected chi connectivity index (χ0v) is 9.75. The molecule has 0 spiro atoms. The maximum Gasteiger partial charge on any atom is 0.248 e. The van der Waals surface area contributed by atoms with Gasteiger partial charge in [-0.3, -0.25) is 4.79 Å². The third kappa shape index (κ3) is 3.07. The molecule has 1 unspecified atom stereocenters. The lowest BCUT2D eigenvalue weighted by atomic mass is 10.2. The zero-order chi connectivity index (χ0) is 10.6. The van der Waals surface area contributed by atoms with Gasteiger partial charge in [-0.05, 0) is 12.0 Å². The van der Waals surface area contributed by atoms with E-state index in [1.807, 2.05) is 0 Å². The highest BCUT2D eigenvalue weighted by molar-refractivity contribution is 8.05. The van der Waals surface area contributed by atoms with Crippen LogP contribution in [0.15, 0.2) is 23.1 Å². The smallest absolute Gasteiger partial charge is 0.248 e. The Balaban J connectivity index is 2.73. The highest BCUT2D eigenvalue weighted by Crippen LogP contribution is 2.32. The van der Waals surface area contributed by atoms with Crippen molar-refractivity contribution < 1.29 is 4.79 Å². The van der Waals surface area contributed by atoms with Crippen LogP contribution in [0.25, 0.3) is 0 Å². The second kappa shape index (κ2) is 5.47. The van der Waals surface area contributed by atoms with Gasteiger partial charge in [0.2, 0.25) is 5.91 Å². The normalized spacial score (nSPS) is 26.1. The largest absolute Gasteiger partial charge is 0.350 e. The van der Waals surface area contributed by atoms with Gasteiger partial charge in [0, 0.05) is 11.4 Å². The van der Waals surface area contributed by atoms with E-state index in [9.17, 15) is 4.79 Å². The molecule has 1 saturated heterocycles. The summed E-state index contributed by atoms with van der Waals surface area (Å²) in [5, 5.41) is 2.72. The van der Waals surface area contributed by atoms with E-state index in [1.54, 1.807) is 0 Å². The predicted molar refractivity (Wildman–Crippen MR) is 62.4 cm³/mol. The van der Waals surface area contributed by atoms with Gasteiger partial charge in [-0.2, -0.15) is 0 Å². The Kier molecular flexibility index (Phi) is 4.55. The number of carbonyl (C=O) groups is 1. The van der Waals surface area contributed by atoms with Gasteiger partial charge in [-0.1, -0.05) is 49.4 Å². The van der Waals surface area contributed by atoms with Crippen LogP contribution in [0.4, 0.5) is 0 Å². The molecule has 0 aromatic heterocycles. The number of hydrogen-bond acceptors (Lipinski definition) is 2. The molecule has 0 radical (unpaired) electrons. The van der Waals surface area contributed by atoms with Crippen molar-refractivity contribution >= 4 is 29.3 Å². The number of thioether (sulfide) groups is 1. The minimum Gasteiger partial charge on any atom is -0.350 e. The van der Waals surface area contributed by atoms with Gasteiger partial charge in [0.25, 0.3) is 0 Å². The average Bonchev–Trinajstić information content (AvgIpc) is 2.29. The van der Waals surface area contributed by atoms with E-state index in [4.69, 9.17) is 11.6 Å². The molecule has 0 aromatic rings. The molecule has 4 heteroatoms. The van der Waals surface area contributed by atoms with Crippen LogP contribution in [-0.4, -0.2) is 17.2 Å². The lowest BCUT2D eigenvalue weighted by Crippen LogP contribution is -2.28. The molecule has 1 amide bonds. The first-order valence-corrected chi connectivity index (χ1v) is 5.93. The number of halogens is 1. The monoisotopic (exact) mass is 231 g/mol. The Hall–Kier alpha value is -0.410. The number of rotatable bonds is 2. The van der Waals surface area contributed by atoms with Gasteiger partial charge in [-0.25, -0.2) is 0 Å². The minimum absolute atomic E-state index is 0.127. The Morgan fingerprint density at radius 1 is 1.79 bits per heavy atom. The summed E-state index contributed by atoms with van der Waals surface area (Å²) in [6, 6.07) is 0. The summed E-state index contributed by atoms with van der Waals surface area (Å²) in [5.74, 6) is -0.127. The lowest BCUT2D eigenvalue weighted by molar-refractivity contribution is -0.119. The second-order valence-electron chi connectivity index (χ2n) is 3.11. The third-order valence-corrected chi connectivity index (χ3v) is 3.48.